The molecule has 2 nitrogen and oxygen atoms in total. The third-order valence-corrected chi connectivity index (χ3v) is 7.38. The molecule has 0 saturated heterocycles. The van der Waals surface area contributed by atoms with Crippen LogP contribution in [-0.4, -0.2) is 0 Å². The smallest absolute Gasteiger partial charge is 0.0462 e. The number of aryl methyl sites for hydroxylation is 2. The zero-order chi connectivity index (χ0) is 28.7. The highest BCUT2D eigenvalue weighted by Crippen LogP contribution is 2.36. The lowest BCUT2D eigenvalue weighted by Crippen LogP contribution is -2.09. The van der Waals surface area contributed by atoms with Crippen molar-refractivity contribution in [3.63, 3.8) is 0 Å². The van der Waals surface area contributed by atoms with Crippen LogP contribution in [0.2, 0.25) is 0 Å². The molecule has 0 unspecified atom stereocenters. The summed E-state index contributed by atoms with van der Waals surface area (Å²) in [7, 11) is 0. The van der Waals surface area contributed by atoms with E-state index in [0.29, 0.717) is 0 Å². The van der Waals surface area contributed by atoms with Crippen LogP contribution in [0.4, 0.5) is 34.1 Å². The molecule has 0 aromatic heterocycles. The van der Waals surface area contributed by atoms with Crippen molar-refractivity contribution < 1.29 is 0 Å². The van der Waals surface area contributed by atoms with E-state index in [4.69, 9.17) is 0 Å². The molecule has 204 valence electrons. The SMILES string of the molecule is Cc1ccc(N(c2ccccc2)c2ccc(/C=C/c3ccc(N(c4ccccc4)c4ccc(C)cc4)cc3)cc2)cc1. The van der Waals surface area contributed by atoms with Gasteiger partial charge in [-0.3, -0.25) is 0 Å². The molecule has 0 saturated carbocycles. The molecule has 6 aromatic rings. The van der Waals surface area contributed by atoms with Crippen molar-refractivity contribution in [1.29, 1.82) is 0 Å². The van der Waals surface area contributed by atoms with Crippen LogP contribution >= 0.6 is 0 Å². The number of hydrogen-bond acceptors (Lipinski definition) is 2. The van der Waals surface area contributed by atoms with E-state index in [1.54, 1.807) is 0 Å². The molecule has 0 aliphatic carbocycles. The van der Waals surface area contributed by atoms with Gasteiger partial charge >= 0.3 is 0 Å². The van der Waals surface area contributed by atoms with Crippen molar-refractivity contribution in [3.8, 4) is 0 Å². The van der Waals surface area contributed by atoms with Gasteiger partial charge in [-0.05, 0) is 97.8 Å². The third-order valence-electron chi connectivity index (χ3n) is 7.38. The molecule has 0 fully saturated rings. The molecule has 0 amide bonds. The number of nitrogens with zero attached hydrogens (tertiary/aromatic N) is 2. The second-order valence-corrected chi connectivity index (χ2v) is 10.5. The topological polar surface area (TPSA) is 6.48 Å². The van der Waals surface area contributed by atoms with E-state index < -0.39 is 0 Å². The summed E-state index contributed by atoms with van der Waals surface area (Å²) >= 11 is 0. The minimum Gasteiger partial charge on any atom is -0.311 e. The minimum absolute atomic E-state index is 1.13. The first-order valence-corrected chi connectivity index (χ1v) is 14.4. The largest absolute Gasteiger partial charge is 0.311 e. The highest BCUT2D eigenvalue weighted by molar-refractivity contribution is 5.80. The predicted octanol–water partition coefficient (Wildman–Crippen LogP) is 11.4. The second kappa shape index (κ2) is 12.4. The van der Waals surface area contributed by atoms with Crippen LogP contribution < -0.4 is 9.80 Å². The summed E-state index contributed by atoms with van der Waals surface area (Å²) in [5, 5.41) is 0. The minimum atomic E-state index is 1.13. The quantitative estimate of drug-likeness (QED) is 0.176. The first kappa shape index (κ1) is 26.9. The Hall–Kier alpha value is -5.34. The summed E-state index contributed by atoms with van der Waals surface area (Å²) in [5.74, 6) is 0. The maximum absolute atomic E-state index is 2.29. The van der Waals surface area contributed by atoms with E-state index in [1.165, 1.54) is 11.1 Å². The van der Waals surface area contributed by atoms with Crippen molar-refractivity contribution in [1.82, 2.24) is 0 Å². The first-order valence-electron chi connectivity index (χ1n) is 14.4. The van der Waals surface area contributed by atoms with Gasteiger partial charge in [-0.15, -0.1) is 0 Å². The lowest BCUT2D eigenvalue weighted by molar-refractivity contribution is 1.27. The zero-order valence-corrected chi connectivity index (χ0v) is 24.1. The van der Waals surface area contributed by atoms with Gasteiger partial charge in [0.2, 0.25) is 0 Å². The summed E-state index contributed by atoms with van der Waals surface area (Å²) in [5.41, 5.74) is 11.6. The molecular weight excluding hydrogens is 508 g/mol. The van der Waals surface area contributed by atoms with Gasteiger partial charge in [0.25, 0.3) is 0 Å². The summed E-state index contributed by atoms with van der Waals surface area (Å²) in [4.78, 5) is 4.58. The van der Waals surface area contributed by atoms with E-state index in [-0.39, 0.29) is 0 Å². The average Bonchev–Trinajstić information content (AvgIpc) is 3.04. The van der Waals surface area contributed by atoms with E-state index in [0.717, 1.165) is 45.3 Å². The Kier molecular flexibility index (Phi) is 7.96. The molecule has 0 aliphatic rings. The molecule has 0 bridgehead atoms. The van der Waals surface area contributed by atoms with Crippen LogP contribution in [0.5, 0.6) is 0 Å². The molecule has 0 N–H and O–H groups in total. The molecule has 6 aromatic carbocycles. The monoisotopic (exact) mass is 542 g/mol. The van der Waals surface area contributed by atoms with Crippen molar-refractivity contribution in [2.75, 3.05) is 9.80 Å². The Morgan fingerprint density at radius 3 is 0.881 bits per heavy atom. The summed E-state index contributed by atoms with van der Waals surface area (Å²) in [6.45, 7) is 4.24. The molecule has 0 aliphatic heterocycles. The Bertz CT molecular complexity index is 1600. The van der Waals surface area contributed by atoms with Gasteiger partial charge in [-0.1, -0.05) is 108 Å². The van der Waals surface area contributed by atoms with Gasteiger partial charge in [-0.25, -0.2) is 0 Å². The Morgan fingerprint density at radius 2 is 0.571 bits per heavy atom. The first-order chi connectivity index (χ1) is 20.6. The van der Waals surface area contributed by atoms with Gasteiger partial charge in [-0.2, -0.15) is 0 Å². The van der Waals surface area contributed by atoms with E-state index >= 15 is 0 Å². The lowest BCUT2D eigenvalue weighted by Gasteiger charge is -2.25. The molecule has 0 radical (unpaired) electrons. The lowest BCUT2D eigenvalue weighted by atomic mass is 10.1. The summed E-state index contributed by atoms with van der Waals surface area (Å²) in [6, 6.07) is 55.9. The molecule has 6 rings (SSSR count). The van der Waals surface area contributed by atoms with Crippen molar-refractivity contribution in [2.45, 2.75) is 13.8 Å². The van der Waals surface area contributed by atoms with Gasteiger partial charge in [0, 0.05) is 34.1 Å². The Morgan fingerprint density at radius 1 is 0.310 bits per heavy atom. The van der Waals surface area contributed by atoms with Gasteiger partial charge in [0.05, 0.1) is 0 Å². The van der Waals surface area contributed by atoms with Crippen LogP contribution in [0.15, 0.2) is 158 Å². The number of anilines is 6. The molecule has 2 heteroatoms. The number of rotatable bonds is 8. The fourth-order valence-electron chi connectivity index (χ4n) is 5.10. The highest BCUT2D eigenvalue weighted by Gasteiger charge is 2.13. The van der Waals surface area contributed by atoms with Crippen LogP contribution in [0.25, 0.3) is 12.2 Å². The molecule has 0 spiro atoms. The van der Waals surface area contributed by atoms with Crippen molar-refractivity contribution in [3.05, 3.63) is 180 Å². The van der Waals surface area contributed by atoms with Crippen LogP contribution in [0.1, 0.15) is 22.3 Å². The molecule has 42 heavy (non-hydrogen) atoms. The fraction of sp³-hybridized carbons (Fsp3) is 0.0500. The Labute approximate surface area is 249 Å². The molecule has 0 atom stereocenters. The molecule has 0 heterocycles. The van der Waals surface area contributed by atoms with Crippen molar-refractivity contribution in [2.24, 2.45) is 0 Å². The van der Waals surface area contributed by atoms with Gasteiger partial charge in [0.1, 0.15) is 0 Å². The van der Waals surface area contributed by atoms with Gasteiger partial charge < -0.3 is 9.80 Å². The van der Waals surface area contributed by atoms with Crippen molar-refractivity contribution >= 4 is 46.3 Å². The standard InChI is InChI=1S/C40H34N2/c1-31-13-23-37(24-14-31)41(35-9-5-3-6-10-35)39-27-19-33(20-28-39)17-18-34-21-29-40(30-22-34)42(36-11-7-4-8-12-36)38-25-15-32(2)16-26-38/h3-30H,1-2H3/b18-17+. The van der Waals surface area contributed by atoms with Crippen LogP contribution in [-0.2, 0) is 0 Å². The maximum atomic E-state index is 2.29. The Balaban J connectivity index is 1.23. The predicted molar refractivity (Wildman–Crippen MR) is 181 cm³/mol. The third kappa shape index (κ3) is 6.19. The molecular formula is C40H34N2. The maximum Gasteiger partial charge on any atom is 0.0462 e. The fourth-order valence-corrected chi connectivity index (χ4v) is 5.10. The number of benzene rings is 6. The number of para-hydroxylation sites is 2. The van der Waals surface area contributed by atoms with Crippen LogP contribution in [0, 0.1) is 13.8 Å². The number of hydrogen-bond donors (Lipinski definition) is 0. The van der Waals surface area contributed by atoms with Gasteiger partial charge in [0.15, 0.2) is 0 Å². The zero-order valence-electron chi connectivity index (χ0n) is 24.1. The van der Waals surface area contributed by atoms with Crippen LogP contribution in [0.3, 0.4) is 0 Å². The summed E-state index contributed by atoms with van der Waals surface area (Å²) < 4.78 is 0. The highest BCUT2D eigenvalue weighted by atomic mass is 15.1. The van der Waals surface area contributed by atoms with E-state index in [2.05, 4.69) is 194 Å². The average molecular weight is 543 g/mol. The summed E-state index contributed by atoms with van der Waals surface area (Å²) in [6.07, 6.45) is 4.35. The normalized spacial score (nSPS) is 11.0. The second-order valence-electron chi connectivity index (χ2n) is 10.5. The van der Waals surface area contributed by atoms with E-state index in [1.807, 2.05) is 0 Å². The van der Waals surface area contributed by atoms with E-state index in [9.17, 15) is 0 Å².